The molecule has 0 saturated carbocycles. The number of nitrogens with zero attached hydrogens (tertiary/aromatic N) is 2. The van der Waals surface area contributed by atoms with Gasteiger partial charge in [-0.2, -0.15) is 5.10 Å². The second-order valence-corrected chi connectivity index (χ2v) is 5.49. The SMILES string of the molecule is COCCNCc1c(C)nn(C)c1SCc1ccco1. The van der Waals surface area contributed by atoms with Gasteiger partial charge in [0.05, 0.1) is 29.3 Å². The van der Waals surface area contributed by atoms with Crippen LogP contribution in [-0.2, 0) is 24.1 Å². The number of ether oxygens (including phenoxy) is 1. The minimum absolute atomic E-state index is 0.716. The van der Waals surface area contributed by atoms with E-state index in [1.54, 1.807) is 25.1 Å². The highest BCUT2D eigenvalue weighted by Crippen LogP contribution is 2.28. The van der Waals surface area contributed by atoms with Crippen LogP contribution < -0.4 is 5.32 Å². The van der Waals surface area contributed by atoms with Crippen LogP contribution in [0.1, 0.15) is 17.0 Å². The normalized spacial score (nSPS) is 11.2. The molecule has 2 rings (SSSR count). The van der Waals surface area contributed by atoms with Gasteiger partial charge in [-0.15, -0.1) is 0 Å². The standard InChI is InChI=1S/C14H21N3O2S/c1-11-13(9-15-6-8-18-3)14(17(2)16-11)20-10-12-5-4-7-19-12/h4-5,7,15H,6,8-10H2,1-3H3. The average Bonchev–Trinajstić information content (AvgIpc) is 3.02. The molecule has 110 valence electrons. The highest BCUT2D eigenvalue weighted by Gasteiger charge is 2.14. The summed E-state index contributed by atoms with van der Waals surface area (Å²) in [6.45, 7) is 4.41. The number of furan rings is 1. The fraction of sp³-hybridized carbons (Fsp3) is 0.500. The Bertz CT molecular complexity index is 523. The molecule has 0 aliphatic carbocycles. The molecule has 0 radical (unpaired) electrons. The van der Waals surface area contributed by atoms with Gasteiger partial charge in [-0.05, 0) is 19.1 Å². The molecular weight excluding hydrogens is 274 g/mol. The third-order valence-electron chi connectivity index (χ3n) is 3.00. The zero-order valence-corrected chi connectivity index (χ0v) is 13.0. The molecule has 1 N–H and O–H groups in total. The summed E-state index contributed by atoms with van der Waals surface area (Å²) < 4.78 is 12.4. The van der Waals surface area contributed by atoms with E-state index < -0.39 is 0 Å². The largest absolute Gasteiger partial charge is 0.468 e. The van der Waals surface area contributed by atoms with E-state index in [2.05, 4.69) is 10.4 Å². The van der Waals surface area contributed by atoms with E-state index in [-0.39, 0.29) is 0 Å². The van der Waals surface area contributed by atoms with Crippen molar-refractivity contribution >= 4 is 11.8 Å². The molecule has 0 saturated heterocycles. The molecule has 0 bridgehead atoms. The van der Waals surface area contributed by atoms with Gasteiger partial charge >= 0.3 is 0 Å². The zero-order chi connectivity index (χ0) is 14.4. The van der Waals surface area contributed by atoms with E-state index in [1.807, 2.05) is 30.8 Å². The molecule has 20 heavy (non-hydrogen) atoms. The number of methoxy groups -OCH3 is 1. The smallest absolute Gasteiger partial charge is 0.114 e. The van der Waals surface area contributed by atoms with Crippen LogP contribution in [-0.4, -0.2) is 30.0 Å². The second kappa shape index (κ2) is 7.52. The van der Waals surface area contributed by atoms with Crippen molar-refractivity contribution in [1.82, 2.24) is 15.1 Å². The summed E-state index contributed by atoms with van der Waals surface area (Å²) in [6, 6.07) is 3.91. The van der Waals surface area contributed by atoms with E-state index in [4.69, 9.17) is 9.15 Å². The van der Waals surface area contributed by atoms with Crippen LogP contribution in [0.3, 0.4) is 0 Å². The highest BCUT2D eigenvalue weighted by atomic mass is 32.2. The number of aromatic nitrogens is 2. The van der Waals surface area contributed by atoms with Gasteiger partial charge in [-0.3, -0.25) is 4.68 Å². The predicted octanol–water partition coefficient (Wildman–Crippen LogP) is 2.35. The number of nitrogens with one attached hydrogen (secondary N) is 1. The van der Waals surface area contributed by atoms with Gasteiger partial charge in [-0.1, -0.05) is 11.8 Å². The topological polar surface area (TPSA) is 52.2 Å². The minimum Gasteiger partial charge on any atom is -0.468 e. The Morgan fingerprint density at radius 3 is 3.05 bits per heavy atom. The van der Waals surface area contributed by atoms with Crippen LogP contribution in [0.5, 0.6) is 0 Å². The van der Waals surface area contributed by atoms with Crippen molar-refractivity contribution < 1.29 is 9.15 Å². The summed E-state index contributed by atoms with van der Waals surface area (Å²) in [6.07, 6.45) is 1.71. The van der Waals surface area contributed by atoms with Crippen molar-refractivity contribution in [3.05, 3.63) is 35.4 Å². The third kappa shape index (κ3) is 3.88. The molecule has 0 aromatic carbocycles. The Labute approximate surface area is 123 Å². The maximum absolute atomic E-state index is 5.37. The molecule has 0 unspecified atom stereocenters. The summed E-state index contributed by atoms with van der Waals surface area (Å²) in [5.74, 6) is 1.80. The number of hydrogen-bond donors (Lipinski definition) is 1. The number of rotatable bonds is 8. The number of hydrogen-bond acceptors (Lipinski definition) is 5. The third-order valence-corrected chi connectivity index (χ3v) is 4.22. The molecular formula is C14H21N3O2S. The number of thioether (sulfide) groups is 1. The van der Waals surface area contributed by atoms with Crippen LogP contribution in [0.15, 0.2) is 27.8 Å². The molecule has 2 aromatic rings. The first-order valence-corrected chi connectivity index (χ1v) is 7.58. The first-order chi connectivity index (χ1) is 9.72. The van der Waals surface area contributed by atoms with E-state index in [9.17, 15) is 0 Å². The monoisotopic (exact) mass is 295 g/mol. The van der Waals surface area contributed by atoms with Gasteiger partial charge < -0.3 is 14.5 Å². The fourth-order valence-electron chi connectivity index (χ4n) is 1.99. The predicted molar refractivity (Wildman–Crippen MR) is 79.8 cm³/mol. The van der Waals surface area contributed by atoms with Crippen molar-refractivity contribution in [2.75, 3.05) is 20.3 Å². The summed E-state index contributed by atoms with van der Waals surface area (Å²) in [7, 11) is 3.69. The summed E-state index contributed by atoms with van der Waals surface area (Å²) >= 11 is 1.75. The van der Waals surface area contributed by atoms with E-state index in [1.165, 1.54) is 10.6 Å². The Hall–Kier alpha value is -1.24. The van der Waals surface area contributed by atoms with E-state index in [0.717, 1.165) is 30.3 Å². The summed E-state index contributed by atoms with van der Waals surface area (Å²) in [5, 5.41) is 9.06. The van der Waals surface area contributed by atoms with Gasteiger partial charge in [0.2, 0.25) is 0 Å². The molecule has 2 heterocycles. The Morgan fingerprint density at radius 2 is 2.35 bits per heavy atom. The van der Waals surface area contributed by atoms with Crippen molar-refractivity contribution in [3.8, 4) is 0 Å². The minimum atomic E-state index is 0.716. The highest BCUT2D eigenvalue weighted by molar-refractivity contribution is 7.98. The van der Waals surface area contributed by atoms with Crippen LogP contribution in [0.25, 0.3) is 0 Å². The lowest BCUT2D eigenvalue weighted by molar-refractivity contribution is 0.199. The lowest BCUT2D eigenvalue weighted by atomic mass is 10.2. The molecule has 0 aliphatic heterocycles. The van der Waals surface area contributed by atoms with Crippen molar-refractivity contribution in [3.63, 3.8) is 0 Å². The molecule has 0 atom stereocenters. The fourth-order valence-corrected chi connectivity index (χ4v) is 3.05. The lowest BCUT2D eigenvalue weighted by Gasteiger charge is -2.07. The van der Waals surface area contributed by atoms with Gasteiger partial charge in [0.1, 0.15) is 5.76 Å². The van der Waals surface area contributed by atoms with Crippen LogP contribution in [0, 0.1) is 6.92 Å². The van der Waals surface area contributed by atoms with E-state index in [0.29, 0.717) is 6.61 Å². The van der Waals surface area contributed by atoms with Crippen LogP contribution in [0.4, 0.5) is 0 Å². The van der Waals surface area contributed by atoms with Gasteiger partial charge in [0, 0.05) is 32.8 Å². The van der Waals surface area contributed by atoms with E-state index >= 15 is 0 Å². The lowest BCUT2D eigenvalue weighted by Crippen LogP contribution is -2.19. The van der Waals surface area contributed by atoms with Crippen LogP contribution >= 0.6 is 11.8 Å². The summed E-state index contributed by atoms with van der Waals surface area (Å²) in [4.78, 5) is 0. The molecule has 0 fully saturated rings. The van der Waals surface area contributed by atoms with Crippen molar-refractivity contribution in [2.24, 2.45) is 7.05 Å². The van der Waals surface area contributed by atoms with Gasteiger partial charge in [0.15, 0.2) is 0 Å². The molecule has 6 heteroatoms. The first kappa shape index (κ1) is 15.2. The van der Waals surface area contributed by atoms with Crippen molar-refractivity contribution in [1.29, 1.82) is 0 Å². The maximum atomic E-state index is 5.37. The Balaban J connectivity index is 1.99. The summed E-state index contributed by atoms with van der Waals surface area (Å²) in [5.41, 5.74) is 2.32. The molecule has 0 amide bonds. The zero-order valence-electron chi connectivity index (χ0n) is 12.2. The molecule has 2 aromatic heterocycles. The van der Waals surface area contributed by atoms with Gasteiger partial charge in [-0.25, -0.2) is 0 Å². The molecule has 0 aliphatic rings. The first-order valence-electron chi connectivity index (χ1n) is 6.59. The molecule has 5 nitrogen and oxygen atoms in total. The second-order valence-electron chi connectivity index (χ2n) is 4.53. The van der Waals surface area contributed by atoms with Crippen molar-refractivity contribution in [2.45, 2.75) is 24.2 Å². The quantitative estimate of drug-likeness (QED) is 0.598. The Kier molecular flexibility index (Phi) is 5.70. The van der Waals surface area contributed by atoms with Gasteiger partial charge in [0.25, 0.3) is 0 Å². The Morgan fingerprint density at radius 1 is 1.50 bits per heavy atom. The average molecular weight is 295 g/mol. The molecule has 0 spiro atoms. The number of aryl methyl sites for hydroxylation is 2. The maximum Gasteiger partial charge on any atom is 0.114 e. The van der Waals surface area contributed by atoms with Crippen LogP contribution in [0.2, 0.25) is 0 Å².